The van der Waals surface area contributed by atoms with Gasteiger partial charge in [-0.15, -0.1) is 0 Å². The maximum absolute atomic E-state index is 12.5. The molecule has 0 aliphatic heterocycles. The van der Waals surface area contributed by atoms with Gasteiger partial charge in [0.05, 0.1) is 18.4 Å². The van der Waals surface area contributed by atoms with Crippen molar-refractivity contribution in [3.63, 3.8) is 0 Å². The number of ether oxygens (including phenoxy) is 1. The number of carbonyl (C=O) groups excluding carboxylic acids is 2. The average molecular weight is 393 g/mol. The fourth-order valence-corrected chi connectivity index (χ4v) is 2.70. The summed E-state index contributed by atoms with van der Waals surface area (Å²) in [5.41, 5.74) is 1.72. The Balaban J connectivity index is 1.79. The van der Waals surface area contributed by atoms with Crippen molar-refractivity contribution in [1.82, 2.24) is 15.1 Å². The van der Waals surface area contributed by atoms with Crippen molar-refractivity contribution >= 4 is 11.9 Å². The Hall–Kier alpha value is -3.94. The van der Waals surface area contributed by atoms with Crippen LogP contribution < -0.4 is 10.9 Å². The van der Waals surface area contributed by atoms with Crippen LogP contribution in [0, 0.1) is 6.92 Å². The van der Waals surface area contributed by atoms with Gasteiger partial charge in [0, 0.05) is 12.6 Å². The molecule has 3 rings (SSSR count). The van der Waals surface area contributed by atoms with Crippen molar-refractivity contribution in [3.05, 3.63) is 87.3 Å². The molecule has 1 amide bonds. The zero-order valence-electron chi connectivity index (χ0n) is 15.9. The minimum Gasteiger partial charge on any atom is -0.505 e. The molecule has 2 aromatic carbocycles. The van der Waals surface area contributed by atoms with E-state index in [2.05, 4.69) is 15.2 Å². The number of nitrogens with one attached hydrogen (secondary N) is 1. The Morgan fingerprint density at radius 3 is 2.52 bits per heavy atom. The van der Waals surface area contributed by atoms with Gasteiger partial charge in [0.1, 0.15) is 0 Å². The third-order valence-corrected chi connectivity index (χ3v) is 4.20. The van der Waals surface area contributed by atoms with E-state index in [4.69, 9.17) is 0 Å². The molecule has 0 aliphatic rings. The molecule has 3 aromatic rings. The van der Waals surface area contributed by atoms with Gasteiger partial charge < -0.3 is 15.2 Å². The molecule has 0 atom stereocenters. The second-order valence-electron chi connectivity index (χ2n) is 6.34. The molecule has 0 unspecified atom stereocenters. The lowest BCUT2D eigenvalue weighted by Gasteiger charge is -2.10. The van der Waals surface area contributed by atoms with Crippen LogP contribution >= 0.6 is 0 Å². The zero-order valence-corrected chi connectivity index (χ0v) is 15.9. The van der Waals surface area contributed by atoms with Crippen molar-refractivity contribution in [2.75, 3.05) is 7.11 Å². The summed E-state index contributed by atoms with van der Waals surface area (Å²) in [6.07, 6.45) is 0. The van der Waals surface area contributed by atoms with Crippen LogP contribution in [-0.4, -0.2) is 33.9 Å². The number of hydrogen-bond donors (Lipinski definition) is 2. The quantitative estimate of drug-likeness (QED) is 0.641. The minimum atomic E-state index is -0.638. The molecular weight excluding hydrogens is 374 g/mol. The highest BCUT2D eigenvalue weighted by Gasteiger charge is 2.17. The van der Waals surface area contributed by atoms with Gasteiger partial charge in [-0.05, 0) is 42.3 Å². The summed E-state index contributed by atoms with van der Waals surface area (Å²) in [5.74, 6) is -1.59. The molecule has 0 aliphatic carbocycles. The number of aromatic nitrogens is 2. The van der Waals surface area contributed by atoms with E-state index < -0.39 is 23.2 Å². The number of amides is 1. The monoisotopic (exact) mass is 393 g/mol. The van der Waals surface area contributed by atoms with Crippen molar-refractivity contribution in [1.29, 1.82) is 0 Å². The van der Waals surface area contributed by atoms with Crippen LogP contribution in [0.15, 0.2) is 59.4 Å². The summed E-state index contributed by atoms with van der Waals surface area (Å²) < 4.78 is 5.70. The van der Waals surface area contributed by atoms with Crippen LogP contribution in [0.5, 0.6) is 5.75 Å². The first-order valence-corrected chi connectivity index (χ1v) is 8.75. The van der Waals surface area contributed by atoms with Gasteiger partial charge in [0.15, 0.2) is 11.4 Å². The molecule has 0 spiro atoms. The number of aromatic hydroxyl groups is 1. The Morgan fingerprint density at radius 2 is 1.86 bits per heavy atom. The van der Waals surface area contributed by atoms with Gasteiger partial charge >= 0.3 is 5.97 Å². The van der Waals surface area contributed by atoms with Crippen molar-refractivity contribution < 1.29 is 19.4 Å². The lowest BCUT2D eigenvalue weighted by molar-refractivity contribution is 0.0600. The number of aryl methyl sites for hydroxylation is 1. The first kappa shape index (κ1) is 19.8. The molecule has 0 radical (unpaired) electrons. The Morgan fingerprint density at radius 1 is 1.14 bits per heavy atom. The highest BCUT2D eigenvalue weighted by molar-refractivity contribution is 5.94. The van der Waals surface area contributed by atoms with E-state index in [1.54, 1.807) is 42.5 Å². The van der Waals surface area contributed by atoms with E-state index in [1.165, 1.54) is 7.11 Å². The maximum Gasteiger partial charge on any atom is 0.337 e. The zero-order chi connectivity index (χ0) is 21.0. The van der Waals surface area contributed by atoms with Crippen molar-refractivity contribution in [2.24, 2.45) is 0 Å². The number of methoxy groups -OCH3 is 1. The fourth-order valence-electron chi connectivity index (χ4n) is 2.70. The normalized spacial score (nSPS) is 10.4. The van der Waals surface area contributed by atoms with Crippen LogP contribution in [0.3, 0.4) is 0 Å². The van der Waals surface area contributed by atoms with Crippen LogP contribution in [-0.2, 0) is 11.3 Å². The van der Waals surface area contributed by atoms with Gasteiger partial charge in [0.2, 0.25) is 0 Å². The van der Waals surface area contributed by atoms with Crippen LogP contribution in [0.2, 0.25) is 0 Å². The third-order valence-electron chi connectivity index (χ3n) is 4.20. The van der Waals surface area contributed by atoms with Crippen LogP contribution in [0.4, 0.5) is 0 Å². The topological polar surface area (TPSA) is 111 Å². The highest BCUT2D eigenvalue weighted by Crippen LogP contribution is 2.14. The highest BCUT2D eigenvalue weighted by atomic mass is 16.5. The molecule has 8 nitrogen and oxygen atoms in total. The second kappa shape index (κ2) is 8.39. The number of hydrogen-bond acceptors (Lipinski definition) is 6. The lowest BCUT2D eigenvalue weighted by Crippen LogP contribution is -2.29. The Labute approximate surface area is 166 Å². The maximum atomic E-state index is 12.5. The summed E-state index contributed by atoms with van der Waals surface area (Å²) in [4.78, 5) is 36.1. The molecule has 29 heavy (non-hydrogen) atoms. The first-order chi connectivity index (χ1) is 13.9. The van der Waals surface area contributed by atoms with E-state index in [9.17, 15) is 19.5 Å². The summed E-state index contributed by atoms with van der Waals surface area (Å²) in [7, 11) is 1.30. The molecule has 0 bridgehead atoms. The lowest BCUT2D eigenvalue weighted by atomic mass is 10.1. The predicted octanol–water partition coefficient (Wildman–Crippen LogP) is 1.96. The number of rotatable bonds is 5. The first-order valence-electron chi connectivity index (χ1n) is 8.75. The number of esters is 1. The molecule has 2 N–H and O–H groups in total. The number of benzene rings is 2. The summed E-state index contributed by atoms with van der Waals surface area (Å²) >= 11 is 0. The van der Waals surface area contributed by atoms with E-state index in [0.29, 0.717) is 11.3 Å². The number of nitrogens with zero attached hydrogens (tertiary/aromatic N) is 2. The van der Waals surface area contributed by atoms with Gasteiger partial charge in [-0.2, -0.15) is 9.78 Å². The van der Waals surface area contributed by atoms with E-state index in [0.717, 1.165) is 21.9 Å². The molecule has 1 aromatic heterocycles. The largest absolute Gasteiger partial charge is 0.505 e. The predicted molar refractivity (Wildman–Crippen MR) is 105 cm³/mol. The standard InChI is InChI=1S/C21H19N3O5/c1-13-4-3-5-16(10-13)24-18(26)11-17(25)19(23-24)20(27)22-12-14-6-8-15(9-7-14)21(28)29-2/h3-11,25H,12H2,1-2H3,(H,22,27). The third kappa shape index (κ3) is 4.49. The fraction of sp³-hybridized carbons (Fsp3) is 0.143. The van der Waals surface area contributed by atoms with Crippen molar-refractivity contribution in [3.8, 4) is 11.4 Å². The van der Waals surface area contributed by atoms with E-state index in [-0.39, 0.29) is 12.2 Å². The smallest absolute Gasteiger partial charge is 0.337 e. The van der Waals surface area contributed by atoms with Gasteiger partial charge in [-0.3, -0.25) is 9.59 Å². The summed E-state index contributed by atoms with van der Waals surface area (Å²) in [6.45, 7) is 2.01. The molecular formula is C21H19N3O5. The minimum absolute atomic E-state index is 0.144. The molecule has 0 fully saturated rings. The van der Waals surface area contributed by atoms with Crippen molar-refractivity contribution in [2.45, 2.75) is 13.5 Å². The number of carbonyl (C=O) groups is 2. The average Bonchev–Trinajstić information content (AvgIpc) is 2.72. The molecule has 8 heteroatoms. The Bertz CT molecular complexity index is 1120. The van der Waals surface area contributed by atoms with Gasteiger partial charge in [-0.25, -0.2) is 4.79 Å². The van der Waals surface area contributed by atoms with Crippen LogP contribution in [0.1, 0.15) is 32.0 Å². The molecule has 0 saturated heterocycles. The molecule has 148 valence electrons. The van der Waals surface area contributed by atoms with E-state index in [1.807, 2.05) is 13.0 Å². The molecule has 0 saturated carbocycles. The van der Waals surface area contributed by atoms with Gasteiger partial charge in [0.25, 0.3) is 11.5 Å². The second-order valence-corrected chi connectivity index (χ2v) is 6.34. The van der Waals surface area contributed by atoms with Gasteiger partial charge in [-0.1, -0.05) is 24.3 Å². The summed E-state index contributed by atoms with van der Waals surface area (Å²) in [5, 5.41) is 16.7. The molecule has 1 heterocycles. The summed E-state index contributed by atoms with van der Waals surface area (Å²) in [6, 6.07) is 14.5. The SMILES string of the molecule is COC(=O)c1ccc(CNC(=O)c2nn(-c3cccc(C)c3)c(=O)cc2O)cc1. The Kier molecular flexibility index (Phi) is 5.73. The van der Waals surface area contributed by atoms with E-state index >= 15 is 0 Å². The van der Waals surface area contributed by atoms with Crippen LogP contribution in [0.25, 0.3) is 5.69 Å².